The summed E-state index contributed by atoms with van der Waals surface area (Å²) in [5.41, 5.74) is 3.63. The zero-order valence-electron chi connectivity index (χ0n) is 17.5. The van der Waals surface area contributed by atoms with Crippen molar-refractivity contribution in [2.75, 3.05) is 36.4 Å². The van der Waals surface area contributed by atoms with E-state index in [9.17, 15) is 4.79 Å². The maximum atomic E-state index is 12.7. The number of aromatic nitrogens is 1. The minimum absolute atomic E-state index is 0.0571. The van der Waals surface area contributed by atoms with Crippen LogP contribution in [0.4, 0.5) is 17.2 Å². The lowest BCUT2D eigenvalue weighted by molar-refractivity contribution is 0.102. The zero-order valence-corrected chi connectivity index (χ0v) is 17.5. The van der Waals surface area contributed by atoms with Crippen LogP contribution < -0.4 is 10.2 Å². The summed E-state index contributed by atoms with van der Waals surface area (Å²) in [5.74, 6) is 0.789. The van der Waals surface area contributed by atoms with Crippen molar-refractivity contribution in [1.82, 2.24) is 9.88 Å². The molecule has 154 valence electrons. The van der Waals surface area contributed by atoms with Crippen molar-refractivity contribution in [3.63, 3.8) is 0 Å². The van der Waals surface area contributed by atoms with Crippen molar-refractivity contribution >= 4 is 23.1 Å². The summed E-state index contributed by atoms with van der Waals surface area (Å²) in [6.07, 6.45) is 10.8. The number of carbonyl (C=O) groups is 1. The van der Waals surface area contributed by atoms with E-state index in [4.69, 9.17) is 0 Å². The highest BCUT2D eigenvalue weighted by atomic mass is 16.1. The number of benzene rings is 1. The highest BCUT2D eigenvalue weighted by Gasteiger charge is 2.25. The second kappa shape index (κ2) is 9.40. The number of piperidine rings is 1. The van der Waals surface area contributed by atoms with Gasteiger partial charge in [0.25, 0.3) is 5.91 Å². The van der Waals surface area contributed by atoms with Crippen molar-refractivity contribution in [3.05, 3.63) is 47.7 Å². The Bertz CT molecular complexity index is 845. The first-order valence-electron chi connectivity index (χ1n) is 11.1. The number of unbranched alkanes of at least 4 members (excludes halogenated alkanes) is 3. The van der Waals surface area contributed by atoms with Crippen LogP contribution in [0.15, 0.2) is 36.5 Å². The van der Waals surface area contributed by atoms with Crippen LogP contribution >= 0.6 is 0 Å². The number of likely N-dealkylation sites (tertiary alicyclic amines) is 1. The third-order valence-corrected chi connectivity index (χ3v) is 6.03. The molecule has 1 aromatic heterocycles. The highest BCUT2D eigenvalue weighted by molar-refractivity contribution is 6.12. The number of fused-ring (bicyclic) bond motifs is 2. The Balaban J connectivity index is 1.40. The molecule has 2 aliphatic heterocycles. The maximum Gasteiger partial charge on any atom is 0.257 e. The number of anilines is 3. The third kappa shape index (κ3) is 4.78. The van der Waals surface area contributed by atoms with E-state index in [2.05, 4.69) is 33.1 Å². The molecular formula is C24H32N4O. The summed E-state index contributed by atoms with van der Waals surface area (Å²) in [7, 11) is 0. The molecule has 1 aromatic carbocycles. The van der Waals surface area contributed by atoms with Gasteiger partial charge in [0.05, 0.1) is 16.9 Å². The van der Waals surface area contributed by atoms with Crippen LogP contribution in [-0.4, -0.2) is 42.0 Å². The molecule has 0 aliphatic carbocycles. The zero-order chi connectivity index (χ0) is 20.1. The van der Waals surface area contributed by atoms with E-state index in [0.29, 0.717) is 0 Å². The SMILES string of the molecule is Cc1ccc2c(c1)N(CCCCCCN1CCCCC1)c1ncccc1NC2=O. The molecule has 0 unspecified atom stereocenters. The van der Waals surface area contributed by atoms with Crippen molar-refractivity contribution in [1.29, 1.82) is 0 Å². The van der Waals surface area contributed by atoms with Crippen molar-refractivity contribution in [2.45, 2.75) is 51.9 Å². The molecule has 2 aromatic rings. The number of nitrogens with one attached hydrogen (secondary N) is 1. The van der Waals surface area contributed by atoms with E-state index in [-0.39, 0.29) is 5.91 Å². The predicted molar refractivity (Wildman–Crippen MR) is 119 cm³/mol. The first-order chi connectivity index (χ1) is 14.2. The van der Waals surface area contributed by atoms with Gasteiger partial charge in [-0.05, 0) is 82.1 Å². The number of hydrogen-bond donors (Lipinski definition) is 1. The van der Waals surface area contributed by atoms with Gasteiger partial charge in [-0.2, -0.15) is 0 Å². The summed E-state index contributed by atoms with van der Waals surface area (Å²) in [5, 5.41) is 3.03. The number of nitrogens with zero attached hydrogens (tertiary/aromatic N) is 3. The topological polar surface area (TPSA) is 48.5 Å². The molecule has 2 aliphatic rings. The lowest BCUT2D eigenvalue weighted by Crippen LogP contribution is -2.30. The van der Waals surface area contributed by atoms with Crippen LogP contribution in [-0.2, 0) is 0 Å². The Morgan fingerprint density at radius 1 is 1.00 bits per heavy atom. The summed E-state index contributed by atoms with van der Waals surface area (Å²) in [6, 6.07) is 9.84. The van der Waals surface area contributed by atoms with Crippen LogP contribution in [0.1, 0.15) is 60.9 Å². The maximum absolute atomic E-state index is 12.7. The Kier molecular flexibility index (Phi) is 6.45. The molecule has 0 radical (unpaired) electrons. The number of amides is 1. The normalized spacial score (nSPS) is 16.7. The van der Waals surface area contributed by atoms with Crippen molar-refractivity contribution in [3.8, 4) is 0 Å². The summed E-state index contributed by atoms with van der Waals surface area (Å²) < 4.78 is 0. The van der Waals surface area contributed by atoms with Gasteiger partial charge in [0.15, 0.2) is 5.82 Å². The first kappa shape index (κ1) is 19.9. The molecule has 1 N–H and O–H groups in total. The van der Waals surface area contributed by atoms with Gasteiger partial charge in [-0.25, -0.2) is 4.98 Å². The van der Waals surface area contributed by atoms with Gasteiger partial charge in [0.1, 0.15) is 0 Å². The predicted octanol–water partition coefficient (Wildman–Crippen LogP) is 5.14. The fourth-order valence-corrected chi connectivity index (χ4v) is 4.44. The van der Waals surface area contributed by atoms with Gasteiger partial charge in [0, 0.05) is 12.7 Å². The van der Waals surface area contributed by atoms with Gasteiger partial charge < -0.3 is 15.1 Å². The van der Waals surface area contributed by atoms with Crippen molar-refractivity contribution < 1.29 is 4.79 Å². The Labute approximate surface area is 174 Å². The molecule has 0 atom stereocenters. The Morgan fingerprint density at radius 2 is 1.79 bits per heavy atom. The van der Waals surface area contributed by atoms with Gasteiger partial charge in [0.2, 0.25) is 0 Å². The smallest absolute Gasteiger partial charge is 0.257 e. The van der Waals surface area contributed by atoms with Gasteiger partial charge in [-0.15, -0.1) is 0 Å². The van der Waals surface area contributed by atoms with E-state index < -0.39 is 0 Å². The molecule has 4 rings (SSSR count). The Hall–Kier alpha value is -2.40. The minimum Gasteiger partial charge on any atom is -0.324 e. The van der Waals surface area contributed by atoms with E-state index in [1.54, 1.807) is 6.20 Å². The van der Waals surface area contributed by atoms with E-state index in [1.165, 1.54) is 58.2 Å². The molecule has 1 saturated heterocycles. The summed E-state index contributed by atoms with van der Waals surface area (Å²) in [4.78, 5) is 22.2. The number of pyridine rings is 1. The van der Waals surface area contributed by atoms with E-state index >= 15 is 0 Å². The molecule has 29 heavy (non-hydrogen) atoms. The quantitative estimate of drug-likeness (QED) is 0.663. The van der Waals surface area contributed by atoms with Gasteiger partial charge >= 0.3 is 0 Å². The van der Waals surface area contributed by atoms with E-state index in [0.717, 1.165) is 41.3 Å². The highest BCUT2D eigenvalue weighted by Crippen LogP contribution is 2.36. The van der Waals surface area contributed by atoms with Gasteiger partial charge in [-0.3, -0.25) is 4.79 Å². The molecule has 3 heterocycles. The van der Waals surface area contributed by atoms with Gasteiger partial charge in [-0.1, -0.05) is 25.3 Å². The van der Waals surface area contributed by atoms with Crippen LogP contribution in [0.5, 0.6) is 0 Å². The monoisotopic (exact) mass is 392 g/mol. The fraction of sp³-hybridized carbons (Fsp3) is 0.500. The lowest BCUT2D eigenvalue weighted by Gasteiger charge is -2.26. The lowest BCUT2D eigenvalue weighted by atomic mass is 10.1. The first-order valence-corrected chi connectivity index (χ1v) is 11.1. The molecule has 5 nitrogen and oxygen atoms in total. The molecule has 1 fully saturated rings. The summed E-state index contributed by atoms with van der Waals surface area (Å²) in [6.45, 7) is 6.76. The standard InChI is InChI=1S/C24H32N4O/c1-19-11-12-20-22(18-19)28(23-21(26-24(20)29)10-9-13-25-23)17-8-3-2-5-14-27-15-6-4-7-16-27/h9-13,18H,2-8,14-17H2,1H3,(H,26,29). The molecule has 0 bridgehead atoms. The van der Waals surface area contributed by atoms with Crippen LogP contribution in [0.25, 0.3) is 0 Å². The molecule has 0 spiro atoms. The second-order valence-electron chi connectivity index (χ2n) is 8.32. The largest absolute Gasteiger partial charge is 0.324 e. The molecule has 0 saturated carbocycles. The average Bonchev–Trinajstić information content (AvgIpc) is 2.85. The van der Waals surface area contributed by atoms with Crippen LogP contribution in [0.2, 0.25) is 0 Å². The minimum atomic E-state index is -0.0571. The summed E-state index contributed by atoms with van der Waals surface area (Å²) >= 11 is 0. The number of rotatable bonds is 7. The molecular weight excluding hydrogens is 360 g/mol. The Morgan fingerprint density at radius 3 is 2.62 bits per heavy atom. The molecule has 1 amide bonds. The average molecular weight is 393 g/mol. The number of hydrogen-bond acceptors (Lipinski definition) is 4. The third-order valence-electron chi connectivity index (χ3n) is 6.03. The molecule has 5 heteroatoms. The van der Waals surface area contributed by atoms with Crippen molar-refractivity contribution in [2.24, 2.45) is 0 Å². The van der Waals surface area contributed by atoms with E-state index in [1.807, 2.05) is 24.3 Å². The number of aryl methyl sites for hydroxylation is 1. The van der Waals surface area contributed by atoms with Crippen LogP contribution in [0.3, 0.4) is 0 Å². The van der Waals surface area contributed by atoms with Crippen LogP contribution in [0, 0.1) is 6.92 Å². The number of carbonyl (C=O) groups excluding carboxylic acids is 1. The second-order valence-corrected chi connectivity index (χ2v) is 8.32. The fourth-order valence-electron chi connectivity index (χ4n) is 4.44.